The molecule has 1 N–H and O–H groups in total. The summed E-state index contributed by atoms with van der Waals surface area (Å²) in [6.07, 6.45) is 2.77. The van der Waals surface area contributed by atoms with Gasteiger partial charge in [-0.05, 0) is 55.3 Å². The van der Waals surface area contributed by atoms with Crippen molar-refractivity contribution in [2.45, 2.75) is 37.8 Å². The number of methoxy groups -OCH3 is 1. The van der Waals surface area contributed by atoms with Crippen LogP contribution in [-0.2, 0) is 24.2 Å². The van der Waals surface area contributed by atoms with Gasteiger partial charge >= 0.3 is 5.69 Å². The van der Waals surface area contributed by atoms with Gasteiger partial charge in [-0.3, -0.25) is 9.36 Å². The van der Waals surface area contributed by atoms with Crippen molar-refractivity contribution in [3.63, 3.8) is 0 Å². The van der Waals surface area contributed by atoms with Gasteiger partial charge in [-0.15, -0.1) is 11.3 Å². The number of rotatable bonds is 7. The first-order valence-corrected chi connectivity index (χ1v) is 11.6. The second kappa shape index (κ2) is 9.06. The van der Waals surface area contributed by atoms with E-state index in [0.717, 1.165) is 41.0 Å². The number of carbonyl (C=O) groups is 1. The number of thiophene rings is 1. The van der Waals surface area contributed by atoms with Crippen LogP contribution >= 0.6 is 23.1 Å². The summed E-state index contributed by atoms with van der Waals surface area (Å²) < 4.78 is 7.11. The number of carbonyl (C=O) groups excluding carboxylic acids is 1. The largest absolute Gasteiger partial charge is 0.495 e. The maximum Gasteiger partial charge on any atom is 0.349 e. The SMILES string of the molecule is COc1ccc(C)cc1NC(=O)CSc1nc(=O)n(Cc2cccs2)c2c1CCC2. The molecule has 1 aliphatic rings. The molecule has 8 heteroatoms. The third-order valence-corrected chi connectivity index (χ3v) is 6.94. The lowest BCUT2D eigenvalue weighted by Gasteiger charge is -2.14. The van der Waals surface area contributed by atoms with Crippen LogP contribution in [0.15, 0.2) is 45.5 Å². The molecule has 0 saturated heterocycles. The van der Waals surface area contributed by atoms with E-state index in [0.29, 0.717) is 23.0 Å². The van der Waals surface area contributed by atoms with Gasteiger partial charge in [0, 0.05) is 16.1 Å². The number of hydrogen-bond donors (Lipinski definition) is 1. The molecule has 4 rings (SSSR count). The highest BCUT2D eigenvalue weighted by Gasteiger charge is 2.23. The Morgan fingerprint density at radius 3 is 2.97 bits per heavy atom. The summed E-state index contributed by atoms with van der Waals surface area (Å²) in [7, 11) is 1.58. The molecule has 0 aliphatic heterocycles. The summed E-state index contributed by atoms with van der Waals surface area (Å²) in [5, 5.41) is 5.60. The maximum absolute atomic E-state index is 12.7. The average molecular weight is 442 g/mol. The normalized spacial score (nSPS) is 12.6. The zero-order chi connectivity index (χ0) is 21.1. The number of nitrogens with one attached hydrogen (secondary N) is 1. The van der Waals surface area contributed by atoms with Gasteiger partial charge in [0.15, 0.2) is 0 Å². The van der Waals surface area contributed by atoms with Gasteiger partial charge in [0.1, 0.15) is 10.8 Å². The topological polar surface area (TPSA) is 73.2 Å². The number of nitrogens with zero attached hydrogens (tertiary/aromatic N) is 2. The van der Waals surface area contributed by atoms with Gasteiger partial charge in [-0.1, -0.05) is 23.9 Å². The fourth-order valence-corrected chi connectivity index (χ4v) is 5.24. The molecule has 0 bridgehead atoms. The average Bonchev–Trinajstić information content (AvgIpc) is 3.41. The number of aryl methyl sites for hydroxylation is 1. The van der Waals surface area contributed by atoms with E-state index in [-0.39, 0.29) is 17.3 Å². The second-order valence-electron chi connectivity index (χ2n) is 7.18. The standard InChI is InChI=1S/C22H23N3O3S2/c1-14-8-9-19(28-2)17(11-14)23-20(26)13-30-21-16-6-3-7-18(16)25(22(27)24-21)12-15-5-4-10-29-15/h4-5,8-11H,3,6-7,12-13H2,1-2H3,(H,23,26). The fourth-order valence-electron chi connectivity index (χ4n) is 3.67. The number of anilines is 1. The molecule has 0 saturated carbocycles. The molecule has 30 heavy (non-hydrogen) atoms. The van der Waals surface area contributed by atoms with E-state index >= 15 is 0 Å². The van der Waals surface area contributed by atoms with Gasteiger partial charge in [-0.25, -0.2) is 4.79 Å². The summed E-state index contributed by atoms with van der Waals surface area (Å²) in [6.45, 7) is 2.52. The Morgan fingerprint density at radius 2 is 2.20 bits per heavy atom. The van der Waals surface area contributed by atoms with Crippen molar-refractivity contribution >= 4 is 34.7 Å². The van der Waals surface area contributed by atoms with Gasteiger partial charge in [-0.2, -0.15) is 4.98 Å². The highest BCUT2D eigenvalue weighted by atomic mass is 32.2. The summed E-state index contributed by atoms with van der Waals surface area (Å²) in [6, 6.07) is 9.67. The summed E-state index contributed by atoms with van der Waals surface area (Å²) in [4.78, 5) is 30.7. The van der Waals surface area contributed by atoms with Crippen LogP contribution in [0.3, 0.4) is 0 Å². The van der Waals surface area contributed by atoms with Crippen molar-refractivity contribution in [2.24, 2.45) is 0 Å². The lowest BCUT2D eigenvalue weighted by molar-refractivity contribution is -0.113. The molecule has 0 fully saturated rings. The quantitative estimate of drug-likeness (QED) is 0.445. The lowest BCUT2D eigenvalue weighted by Crippen LogP contribution is -2.27. The third kappa shape index (κ3) is 4.44. The van der Waals surface area contributed by atoms with Crippen LogP contribution in [0.1, 0.15) is 28.1 Å². The van der Waals surface area contributed by atoms with E-state index in [1.165, 1.54) is 11.8 Å². The molecule has 156 valence electrons. The van der Waals surface area contributed by atoms with Crippen molar-refractivity contribution in [3.8, 4) is 5.75 Å². The molecule has 2 aromatic heterocycles. The van der Waals surface area contributed by atoms with Crippen LogP contribution in [0, 0.1) is 6.92 Å². The lowest BCUT2D eigenvalue weighted by atomic mass is 10.2. The summed E-state index contributed by atoms with van der Waals surface area (Å²) in [5.74, 6) is 0.652. The van der Waals surface area contributed by atoms with E-state index in [1.807, 2.05) is 42.6 Å². The van der Waals surface area contributed by atoms with Crippen LogP contribution in [-0.4, -0.2) is 28.3 Å². The van der Waals surface area contributed by atoms with Gasteiger partial charge in [0.2, 0.25) is 5.91 Å². The minimum atomic E-state index is -0.243. The molecule has 1 aliphatic carbocycles. The smallest absolute Gasteiger partial charge is 0.349 e. The zero-order valence-electron chi connectivity index (χ0n) is 16.9. The Labute approximate surface area is 183 Å². The third-order valence-electron chi connectivity index (χ3n) is 5.06. The number of aromatic nitrogens is 2. The first kappa shape index (κ1) is 20.7. The van der Waals surface area contributed by atoms with Crippen LogP contribution in [0.2, 0.25) is 0 Å². The van der Waals surface area contributed by atoms with E-state index in [1.54, 1.807) is 23.0 Å². The predicted molar refractivity (Wildman–Crippen MR) is 121 cm³/mol. The molecule has 6 nitrogen and oxygen atoms in total. The van der Waals surface area contributed by atoms with Crippen LogP contribution < -0.4 is 15.7 Å². The molecule has 0 spiro atoms. The van der Waals surface area contributed by atoms with E-state index in [4.69, 9.17) is 4.74 Å². The number of thioether (sulfide) groups is 1. The maximum atomic E-state index is 12.7. The highest BCUT2D eigenvalue weighted by Crippen LogP contribution is 2.30. The molecule has 1 amide bonds. The van der Waals surface area contributed by atoms with Crippen molar-refractivity contribution in [3.05, 3.63) is 67.9 Å². The Morgan fingerprint density at radius 1 is 1.33 bits per heavy atom. The van der Waals surface area contributed by atoms with Gasteiger partial charge in [0.25, 0.3) is 0 Å². The number of benzene rings is 1. The van der Waals surface area contributed by atoms with Crippen LogP contribution in [0.25, 0.3) is 0 Å². The summed E-state index contributed by atoms with van der Waals surface area (Å²) >= 11 is 2.97. The molecule has 0 radical (unpaired) electrons. The Kier molecular flexibility index (Phi) is 6.24. The Hall–Kier alpha value is -2.58. The highest BCUT2D eigenvalue weighted by molar-refractivity contribution is 8.00. The number of fused-ring (bicyclic) bond motifs is 1. The van der Waals surface area contributed by atoms with E-state index in [2.05, 4.69) is 10.3 Å². The fraction of sp³-hybridized carbons (Fsp3) is 0.318. The first-order chi connectivity index (χ1) is 14.5. The Balaban J connectivity index is 1.50. The molecule has 0 atom stereocenters. The van der Waals surface area contributed by atoms with Crippen molar-refractivity contribution < 1.29 is 9.53 Å². The van der Waals surface area contributed by atoms with Gasteiger partial charge in [0.05, 0.1) is 25.1 Å². The van der Waals surface area contributed by atoms with Crippen LogP contribution in [0.4, 0.5) is 5.69 Å². The van der Waals surface area contributed by atoms with Crippen LogP contribution in [0.5, 0.6) is 5.75 Å². The predicted octanol–water partition coefficient (Wildman–Crippen LogP) is 3.89. The number of hydrogen-bond acceptors (Lipinski definition) is 6. The van der Waals surface area contributed by atoms with Crippen molar-refractivity contribution in [1.82, 2.24) is 9.55 Å². The molecular formula is C22H23N3O3S2. The van der Waals surface area contributed by atoms with E-state index in [9.17, 15) is 9.59 Å². The minimum absolute atomic E-state index is 0.153. The molecule has 3 aromatic rings. The zero-order valence-corrected chi connectivity index (χ0v) is 18.6. The monoisotopic (exact) mass is 441 g/mol. The van der Waals surface area contributed by atoms with Gasteiger partial charge < -0.3 is 10.1 Å². The van der Waals surface area contributed by atoms with Crippen molar-refractivity contribution in [1.29, 1.82) is 0 Å². The first-order valence-electron chi connectivity index (χ1n) is 9.77. The number of amides is 1. The number of ether oxygens (including phenoxy) is 1. The minimum Gasteiger partial charge on any atom is -0.495 e. The van der Waals surface area contributed by atoms with Crippen molar-refractivity contribution in [2.75, 3.05) is 18.2 Å². The second-order valence-corrected chi connectivity index (χ2v) is 9.18. The molecular weight excluding hydrogens is 418 g/mol. The molecule has 1 aromatic carbocycles. The molecule has 2 heterocycles. The van der Waals surface area contributed by atoms with E-state index < -0.39 is 0 Å². The molecule has 0 unspecified atom stereocenters. The Bertz CT molecular complexity index is 1120. The summed E-state index contributed by atoms with van der Waals surface area (Å²) in [5.41, 5.74) is 3.61.